The van der Waals surface area contributed by atoms with Gasteiger partial charge in [0.1, 0.15) is 5.82 Å². The lowest BCUT2D eigenvalue weighted by Gasteiger charge is -2.12. The number of rotatable bonds is 4. The average molecular weight is 341 g/mol. The van der Waals surface area contributed by atoms with Crippen LogP contribution >= 0.6 is 11.8 Å². The maximum atomic E-state index is 12.4. The van der Waals surface area contributed by atoms with Gasteiger partial charge in [-0.05, 0) is 38.0 Å². The summed E-state index contributed by atoms with van der Waals surface area (Å²) in [7, 11) is 0. The van der Waals surface area contributed by atoms with Crippen molar-refractivity contribution in [1.82, 2.24) is 14.8 Å². The molecule has 2 aromatic rings. The molecule has 0 radical (unpaired) electrons. The Morgan fingerprint density at radius 3 is 3.08 bits per heavy atom. The van der Waals surface area contributed by atoms with Crippen LogP contribution in [-0.4, -0.2) is 25.9 Å². The minimum absolute atomic E-state index is 0.110. The molecule has 0 unspecified atom stereocenters. The highest BCUT2D eigenvalue weighted by atomic mass is 32.2. The Hall–Kier alpha value is -2.33. The van der Waals surface area contributed by atoms with Crippen LogP contribution in [0.2, 0.25) is 0 Å². The zero-order valence-electron chi connectivity index (χ0n) is 13.5. The zero-order valence-corrected chi connectivity index (χ0v) is 14.3. The van der Waals surface area contributed by atoms with E-state index in [4.69, 9.17) is 5.26 Å². The molecule has 3 rings (SSSR count). The van der Waals surface area contributed by atoms with Crippen LogP contribution in [0.5, 0.6) is 0 Å². The van der Waals surface area contributed by atoms with Gasteiger partial charge in [-0.2, -0.15) is 5.26 Å². The molecular weight excluding hydrogens is 322 g/mol. The molecule has 1 aromatic heterocycles. The predicted molar refractivity (Wildman–Crippen MR) is 92.7 cm³/mol. The third kappa shape index (κ3) is 3.77. The van der Waals surface area contributed by atoms with E-state index >= 15 is 0 Å². The number of hydrogen-bond donors (Lipinski definition) is 1. The molecule has 0 spiro atoms. The van der Waals surface area contributed by atoms with Crippen molar-refractivity contribution >= 4 is 23.4 Å². The normalized spacial score (nSPS) is 15.0. The summed E-state index contributed by atoms with van der Waals surface area (Å²) >= 11 is 1.42. The summed E-state index contributed by atoms with van der Waals surface area (Å²) in [5.41, 5.74) is 1.16. The van der Waals surface area contributed by atoms with Crippen molar-refractivity contribution < 1.29 is 4.79 Å². The van der Waals surface area contributed by atoms with E-state index in [2.05, 4.69) is 26.2 Å². The first-order chi connectivity index (χ1) is 11.7. The van der Waals surface area contributed by atoms with Crippen molar-refractivity contribution in [2.24, 2.45) is 0 Å². The van der Waals surface area contributed by atoms with Crippen molar-refractivity contribution in [2.45, 2.75) is 49.6 Å². The van der Waals surface area contributed by atoms with Crippen molar-refractivity contribution in [2.75, 3.05) is 5.32 Å². The first kappa shape index (κ1) is 16.5. The molecule has 7 heteroatoms. The fraction of sp³-hybridized carbons (Fsp3) is 0.412. The van der Waals surface area contributed by atoms with Gasteiger partial charge in [-0.1, -0.05) is 24.2 Å². The molecule has 1 atom stereocenters. The summed E-state index contributed by atoms with van der Waals surface area (Å²) in [6.45, 7) is 2.77. The summed E-state index contributed by atoms with van der Waals surface area (Å²) in [5.74, 6) is 0.908. The second kappa shape index (κ2) is 7.49. The van der Waals surface area contributed by atoms with Gasteiger partial charge in [0.15, 0.2) is 5.16 Å². The molecule has 1 amide bonds. The first-order valence-electron chi connectivity index (χ1n) is 8.07. The Bertz CT molecular complexity index is 780. The Balaban J connectivity index is 1.66. The Morgan fingerprint density at radius 2 is 2.25 bits per heavy atom. The van der Waals surface area contributed by atoms with Crippen LogP contribution in [0, 0.1) is 11.3 Å². The van der Waals surface area contributed by atoms with Gasteiger partial charge in [0.25, 0.3) is 0 Å². The minimum atomic E-state index is -0.299. The maximum Gasteiger partial charge on any atom is 0.237 e. The fourth-order valence-electron chi connectivity index (χ4n) is 2.67. The second-order valence-electron chi connectivity index (χ2n) is 5.80. The van der Waals surface area contributed by atoms with Crippen LogP contribution in [0.25, 0.3) is 0 Å². The van der Waals surface area contributed by atoms with E-state index in [1.165, 1.54) is 18.2 Å². The van der Waals surface area contributed by atoms with E-state index in [0.717, 1.165) is 36.8 Å². The number of carbonyl (C=O) groups excluding carboxylic acids is 1. The van der Waals surface area contributed by atoms with Crippen LogP contribution < -0.4 is 5.32 Å². The van der Waals surface area contributed by atoms with E-state index in [0.29, 0.717) is 11.3 Å². The lowest BCUT2D eigenvalue weighted by molar-refractivity contribution is -0.115. The number of hydrogen-bond acceptors (Lipinski definition) is 5. The number of nitriles is 1. The van der Waals surface area contributed by atoms with E-state index < -0.39 is 0 Å². The summed E-state index contributed by atoms with van der Waals surface area (Å²) in [6, 6.07) is 8.97. The molecule has 0 saturated heterocycles. The highest BCUT2D eigenvalue weighted by Crippen LogP contribution is 2.26. The van der Waals surface area contributed by atoms with Crippen LogP contribution in [0.1, 0.15) is 37.6 Å². The van der Waals surface area contributed by atoms with Gasteiger partial charge >= 0.3 is 0 Å². The monoisotopic (exact) mass is 341 g/mol. The molecule has 1 aliphatic rings. The SMILES string of the molecule is C[C@@H](Sc1nnc2n1CCCCC2)C(=O)Nc1cccc(C#N)c1. The largest absolute Gasteiger partial charge is 0.325 e. The van der Waals surface area contributed by atoms with Crippen molar-refractivity contribution in [3.05, 3.63) is 35.7 Å². The van der Waals surface area contributed by atoms with Gasteiger partial charge in [-0.15, -0.1) is 10.2 Å². The van der Waals surface area contributed by atoms with Crippen molar-refractivity contribution in [1.29, 1.82) is 5.26 Å². The number of thioether (sulfide) groups is 1. The summed E-state index contributed by atoms with van der Waals surface area (Å²) < 4.78 is 2.14. The third-order valence-electron chi connectivity index (χ3n) is 3.99. The van der Waals surface area contributed by atoms with Gasteiger partial charge < -0.3 is 9.88 Å². The third-order valence-corrected chi connectivity index (χ3v) is 5.07. The molecule has 2 heterocycles. The molecule has 1 N–H and O–H groups in total. The number of aromatic nitrogens is 3. The number of anilines is 1. The van der Waals surface area contributed by atoms with Gasteiger partial charge in [-0.25, -0.2) is 0 Å². The van der Waals surface area contributed by atoms with Gasteiger partial charge in [0, 0.05) is 18.7 Å². The highest BCUT2D eigenvalue weighted by Gasteiger charge is 2.21. The smallest absolute Gasteiger partial charge is 0.237 e. The molecule has 1 aliphatic heterocycles. The Kier molecular flexibility index (Phi) is 5.16. The van der Waals surface area contributed by atoms with Crippen LogP contribution in [0.4, 0.5) is 5.69 Å². The van der Waals surface area contributed by atoms with Crippen LogP contribution in [-0.2, 0) is 17.8 Å². The van der Waals surface area contributed by atoms with Crippen molar-refractivity contribution in [3.63, 3.8) is 0 Å². The second-order valence-corrected chi connectivity index (χ2v) is 7.11. The van der Waals surface area contributed by atoms with E-state index in [-0.39, 0.29) is 11.2 Å². The number of aryl methyl sites for hydroxylation is 1. The predicted octanol–water partition coefficient (Wildman–Crippen LogP) is 3.00. The highest BCUT2D eigenvalue weighted by molar-refractivity contribution is 8.00. The molecule has 0 fully saturated rings. The number of nitrogens with one attached hydrogen (secondary N) is 1. The quantitative estimate of drug-likeness (QED) is 0.864. The molecule has 0 saturated carbocycles. The number of nitrogens with zero attached hydrogens (tertiary/aromatic N) is 4. The average Bonchev–Trinajstić information content (AvgIpc) is 2.82. The number of carbonyl (C=O) groups is 1. The maximum absolute atomic E-state index is 12.4. The fourth-order valence-corrected chi connectivity index (χ4v) is 3.56. The lowest BCUT2D eigenvalue weighted by Crippen LogP contribution is -2.23. The first-order valence-corrected chi connectivity index (χ1v) is 8.95. The Morgan fingerprint density at radius 1 is 1.38 bits per heavy atom. The minimum Gasteiger partial charge on any atom is -0.325 e. The molecule has 1 aromatic carbocycles. The number of amides is 1. The lowest BCUT2D eigenvalue weighted by atomic mass is 10.2. The standard InChI is InChI=1S/C17H19N5OS/c1-12(16(23)19-14-7-5-6-13(10-14)11-18)24-17-21-20-15-8-3-2-4-9-22(15)17/h5-7,10,12H,2-4,8-9H2,1H3,(H,19,23)/t12-/m1/s1. The topological polar surface area (TPSA) is 83.6 Å². The molecule has 0 aliphatic carbocycles. The summed E-state index contributed by atoms with van der Waals surface area (Å²) in [5, 5.41) is 20.8. The molecular formula is C17H19N5OS. The molecule has 0 bridgehead atoms. The number of benzene rings is 1. The van der Waals surface area contributed by atoms with Crippen LogP contribution in [0.3, 0.4) is 0 Å². The van der Waals surface area contributed by atoms with Gasteiger partial charge in [0.05, 0.1) is 16.9 Å². The van der Waals surface area contributed by atoms with Crippen molar-refractivity contribution in [3.8, 4) is 6.07 Å². The summed E-state index contributed by atoms with van der Waals surface area (Å²) in [6.07, 6.45) is 4.43. The van der Waals surface area contributed by atoms with Gasteiger partial charge in [-0.3, -0.25) is 4.79 Å². The molecule has 124 valence electrons. The van der Waals surface area contributed by atoms with Gasteiger partial charge in [0.2, 0.25) is 5.91 Å². The molecule has 6 nitrogen and oxygen atoms in total. The Labute approximate surface area is 145 Å². The summed E-state index contributed by atoms with van der Waals surface area (Å²) in [4.78, 5) is 12.4. The number of fused-ring (bicyclic) bond motifs is 1. The van der Waals surface area contributed by atoms with Crippen LogP contribution in [0.15, 0.2) is 29.4 Å². The van der Waals surface area contributed by atoms with E-state index in [1.54, 1.807) is 24.3 Å². The van der Waals surface area contributed by atoms with E-state index in [9.17, 15) is 4.79 Å². The molecule has 24 heavy (non-hydrogen) atoms. The zero-order chi connectivity index (χ0) is 16.9. The van der Waals surface area contributed by atoms with E-state index in [1.807, 2.05) is 6.92 Å².